The highest BCUT2D eigenvalue weighted by Crippen LogP contribution is 2.21. The molecule has 0 saturated carbocycles. The van der Waals surface area contributed by atoms with Gasteiger partial charge >= 0.3 is 0 Å². The van der Waals surface area contributed by atoms with E-state index in [9.17, 15) is 0 Å². The van der Waals surface area contributed by atoms with Gasteiger partial charge in [0.05, 0.1) is 6.54 Å². The molecule has 0 spiro atoms. The lowest BCUT2D eigenvalue weighted by molar-refractivity contribution is 0.264. The molecule has 0 saturated heterocycles. The molecule has 0 aliphatic rings. The molecule has 0 amide bonds. The molecule has 15 heavy (non-hydrogen) atoms. The van der Waals surface area contributed by atoms with E-state index in [0.717, 1.165) is 25.3 Å². The van der Waals surface area contributed by atoms with Gasteiger partial charge in [0.15, 0.2) is 0 Å². The summed E-state index contributed by atoms with van der Waals surface area (Å²) >= 11 is 0. The Morgan fingerprint density at radius 2 is 2.07 bits per heavy atom. The molecule has 2 unspecified atom stereocenters. The maximum absolute atomic E-state index is 5.89. The van der Waals surface area contributed by atoms with E-state index in [1.807, 2.05) is 6.92 Å². The van der Waals surface area contributed by atoms with Crippen molar-refractivity contribution in [1.82, 2.24) is 5.32 Å². The topological polar surface area (TPSA) is 38.0 Å². The zero-order valence-corrected chi connectivity index (χ0v) is 10.7. The molecule has 0 aromatic heterocycles. The number of rotatable bonds is 7. The second kappa shape index (κ2) is 7.73. The van der Waals surface area contributed by atoms with Gasteiger partial charge in [0.2, 0.25) is 0 Å². The van der Waals surface area contributed by atoms with Gasteiger partial charge in [-0.25, -0.2) is 0 Å². The molecule has 0 rings (SSSR count). The first-order chi connectivity index (χ1) is 7.14. The van der Waals surface area contributed by atoms with Crippen LogP contribution in [0.5, 0.6) is 0 Å². The van der Waals surface area contributed by atoms with Crippen LogP contribution >= 0.6 is 0 Å². The van der Waals surface area contributed by atoms with Crippen molar-refractivity contribution in [3.05, 3.63) is 0 Å². The van der Waals surface area contributed by atoms with Crippen molar-refractivity contribution in [2.75, 3.05) is 13.1 Å². The predicted molar refractivity (Wildman–Crippen MR) is 67.6 cm³/mol. The summed E-state index contributed by atoms with van der Waals surface area (Å²) in [6.45, 7) is 10.0. The number of hydrogen-bond donors (Lipinski definition) is 2. The van der Waals surface area contributed by atoms with Crippen LogP contribution in [0.15, 0.2) is 0 Å². The summed E-state index contributed by atoms with van der Waals surface area (Å²) in [7, 11) is 0. The molecule has 0 radical (unpaired) electrons. The van der Waals surface area contributed by atoms with Gasteiger partial charge in [-0.15, -0.1) is 5.92 Å². The Balaban J connectivity index is 4.33. The van der Waals surface area contributed by atoms with Crippen molar-refractivity contribution < 1.29 is 0 Å². The van der Waals surface area contributed by atoms with Crippen LogP contribution in [0.25, 0.3) is 0 Å². The van der Waals surface area contributed by atoms with Gasteiger partial charge < -0.3 is 5.73 Å². The summed E-state index contributed by atoms with van der Waals surface area (Å²) in [6.07, 6.45) is 3.42. The Kier molecular flexibility index (Phi) is 7.46. The van der Waals surface area contributed by atoms with Crippen molar-refractivity contribution in [3.63, 3.8) is 0 Å². The third-order valence-electron chi connectivity index (χ3n) is 3.23. The SMILES string of the molecule is CC#CCNC(CC)(CN)CC(C)CC. The largest absolute Gasteiger partial charge is 0.329 e. The minimum atomic E-state index is 0.0826. The summed E-state index contributed by atoms with van der Waals surface area (Å²) in [5.41, 5.74) is 5.98. The fourth-order valence-electron chi connectivity index (χ4n) is 1.77. The second-order valence-electron chi connectivity index (χ2n) is 4.34. The fraction of sp³-hybridized carbons (Fsp3) is 0.846. The molecule has 2 heteroatoms. The smallest absolute Gasteiger partial charge is 0.0581 e. The standard InChI is InChI=1S/C13H26N2/c1-5-8-9-15-13(7-3,11-14)10-12(4)6-2/h12,15H,6-7,9-11,14H2,1-4H3. The van der Waals surface area contributed by atoms with E-state index in [4.69, 9.17) is 5.73 Å². The first kappa shape index (κ1) is 14.5. The summed E-state index contributed by atoms with van der Waals surface area (Å²) < 4.78 is 0. The quantitative estimate of drug-likeness (QED) is 0.632. The van der Waals surface area contributed by atoms with Gasteiger partial charge in [-0.2, -0.15) is 0 Å². The van der Waals surface area contributed by atoms with Gasteiger partial charge in [0.25, 0.3) is 0 Å². The lowest BCUT2D eigenvalue weighted by atomic mass is 9.84. The van der Waals surface area contributed by atoms with Crippen molar-refractivity contribution in [3.8, 4) is 11.8 Å². The average molecular weight is 210 g/mol. The molecule has 3 N–H and O–H groups in total. The molecule has 88 valence electrons. The van der Waals surface area contributed by atoms with Gasteiger partial charge in [-0.3, -0.25) is 5.32 Å². The molecule has 0 heterocycles. The third kappa shape index (κ3) is 5.20. The van der Waals surface area contributed by atoms with Crippen molar-refractivity contribution in [2.45, 2.75) is 52.5 Å². The lowest BCUT2D eigenvalue weighted by Crippen LogP contribution is -2.51. The number of hydrogen-bond acceptors (Lipinski definition) is 2. The Morgan fingerprint density at radius 3 is 2.47 bits per heavy atom. The first-order valence-corrected chi connectivity index (χ1v) is 5.98. The van der Waals surface area contributed by atoms with Crippen LogP contribution in [0.2, 0.25) is 0 Å². The maximum atomic E-state index is 5.89. The highest BCUT2D eigenvalue weighted by Gasteiger charge is 2.26. The monoisotopic (exact) mass is 210 g/mol. The van der Waals surface area contributed by atoms with E-state index in [0.29, 0.717) is 6.54 Å². The number of nitrogens with one attached hydrogen (secondary N) is 1. The summed E-state index contributed by atoms with van der Waals surface area (Å²) in [4.78, 5) is 0. The van der Waals surface area contributed by atoms with E-state index in [-0.39, 0.29) is 5.54 Å². The highest BCUT2D eigenvalue weighted by atomic mass is 15.0. The van der Waals surface area contributed by atoms with Gasteiger partial charge in [0.1, 0.15) is 0 Å². The summed E-state index contributed by atoms with van der Waals surface area (Å²) in [5.74, 6) is 6.67. The van der Waals surface area contributed by atoms with Crippen molar-refractivity contribution in [2.24, 2.45) is 11.7 Å². The zero-order valence-electron chi connectivity index (χ0n) is 10.7. The molecule has 2 atom stereocenters. The Morgan fingerprint density at radius 1 is 1.40 bits per heavy atom. The van der Waals surface area contributed by atoms with Crippen LogP contribution in [0, 0.1) is 17.8 Å². The van der Waals surface area contributed by atoms with E-state index < -0.39 is 0 Å². The summed E-state index contributed by atoms with van der Waals surface area (Å²) in [6, 6.07) is 0. The summed E-state index contributed by atoms with van der Waals surface area (Å²) in [5, 5.41) is 3.50. The zero-order chi connectivity index (χ0) is 11.7. The molecule has 0 aliphatic carbocycles. The average Bonchev–Trinajstić information content (AvgIpc) is 2.27. The van der Waals surface area contributed by atoms with Crippen molar-refractivity contribution in [1.29, 1.82) is 0 Å². The second-order valence-corrected chi connectivity index (χ2v) is 4.34. The van der Waals surface area contributed by atoms with E-state index >= 15 is 0 Å². The normalized spacial score (nSPS) is 16.3. The molecule has 0 aliphatic heterocycles. The van der Waals surface area contributed by atoms with Gasteiger partial charge in [0, 0.05) is 12.1 Å². The van der Waals surface area contributed by atoms with Crippen LogP contribution in [-0.4, -0.2) is 18.6 Å². The minimum Gasteiger partial charge on any atom is -0.329 e. The Labute approximate surface area is 95.0 Å². The Hall–Kier alpha value is -0.520. The van der Waals surface area contributed by atoms with Gasteiger partial charge in [-0.05, 0) is 25.7 Å². The van der Waals surface area contributed by atoms with E-state index in [2.05, 4.69) is 37.9 Å². The fourth-order valence-corrected chi connectivity index (χ4v) is 1.77. The molecular weight excluding hydrogens is 184 g/mol. The molecule has 0 aromatic rings. The van der Waals surface area contributed by atoms with E-state index in [1.165, 1.54) is 6.42 Å². The van der Waals surface area contributed by atoms with Crippen LogP contribution in [-0.2, 0) is 0 Å². The molecule has 0 bridgehead atoms. The number of nitrogens with two attached hydrogens (primary N) is 1. The maximum Gasteiger partial charge on any atom is 0.0581 e. The molecule has 0 aromatic carbocycles. The highest BCUT2D eigenvalue weighted by molar-refractivity contribution is 5.00. The van der Waals surface area contributed by atoms with Crippen molar-refractivity contribution >= 4 is 0 Å². The third-order valence-corrected chi connectivity index (χ3v) is 3.23. The van der Waals surface area contributed by atoms with Gasteiger partial charge in [-0.1, -0.05) is 33.1 Å². The Bertz CT molecular complexity index is 208. The predicted octanol–water partition coefficient (Wildman–Crippen LogP) is 2.14. The molecule has 0 fully saturated rings. The lowest BCUT2D eigenvalue weighted by Gasteiger charge is -2.34. The molecule has 2 nitrogen and oxygen atoms in total. The van der Waals surface area contributed by atoms with Crippen LogP contribution < -0.4 is 11.1 Å². The van der Waals surface area contributed by atoms with Crippen LogP contribution in [0.4, 0.5) is 0 Å². The minimum absolute atomic E-state index is 0.0826. The van der Waals surface area contributed by atoms with E-state index in [1.54, 1.807) is 0 Å². The van der Waals surface area contributed by atoms with Crippen LogP contribution in [0.3, 0.4) is 0 Å². The first-order valence-electron chi connectivity index (χ1n) is 5.98. The molecular formula is C13H26N2. The van der Waals surface area contributed by atoms with Crippen LogP contribution in [0.1, 0.15) is 47.0 Å².